The molecule has 2 aliphatic carbocycles. The second kappa shape index (κ2) is 9.56. The van der Waals surface area contributed by atoms with E-state index in [0.717, 1.165) is 29.8 Å². The molecule has 0 aromatic carbocycles. The van der Waals surface area contributed by atoms with Crippen LogP contribution in [0.4, 0.5) is 22.2 Å². The van der Waals surface area contributed by atoms with E-state index in [2.05, 4.69) is 30.9 Å². The van der Waals surface area contributed by atoms with Crippen LogP contribution < -0.4 is 20.9 Å². The predicted molar refractivity (Wildman–Crippen MR) is 146 cm³/mol. The normalized spacial score (nSPS) is 20.1. The number of carbonyl (C=O) groups is 3. The molecule has 2 unspecified atom stereocenters. The van der Waals surface area contributed by atoms with Gasteiger partial charge in [-0.05, 0) is 55.0 Å². The quantitative estimate of drug-likeness (QED) is 0.279. The van der Waals surface area contributed by atoms with Crippen molar-refractivity contribution in [2.75, 3.05) is 22.1 Å². The zero-order chi connectivity index (χ0) is 27.4. The van der Waals surface area contributed by atoms with Gasteiger partial charge in [-0.25, -0.2) is 14.8 Å². The maximum atomic E-state index is 12.8. The standard InChI is InChI=1S/C27H24ClN9O3/c28-16-3-5-29-20(8-16)18-9-19(18)25(39)35-26-30-6-4-22(33-26)31-10-17-12-36-11-15(14-1-2-14)7-21(24(36)32-17)37-13-23(38)34-27(37)40/h3-8,11-12,14,18-19H,1-2,9-10,13H2,(H,34,38,40)(H2,30,31,33,35,39). The maximum absolute atomic E-state index is 12.8. The van der Waals surface area contributed by atoms with Gasteiger partial charge in [0.1, 0.15) is 12.4 Å². The van der Waals surface area contributed by atoms with Gasteiger partial charge in [0.25, 0.3) is 0 Å². The highest BCUT2D eigenvalue weighted by Crippen LogP contribution is 2.47. The van der Waals surface area contributed by atoms with Crippen LogP contribution in [0.1, 0.15) is 48.0 Å². The Hall–Kier alpha value is -4.58. The number of fused-ring (bicyclic) bond motifs is 1. The molecule has 3 N–H and O–H groups in total. The molecular weight excluding hydrogens is 534 g/mol. The third-order valence-corrected chi connectivity index (χ3v) is 7.56. The van der Waals surface area contributed by atoms with Gasteiger partial charge in [0.15, 0.2) is 5.65 Å². The Balaban J connectivity index is 1.04. The van der Waals surface area contributed by atoms with E-state index in [0.29, 0.717) is 41.1 Å². The molecule has 2 saturated carbocycles. The molecular formula is C27H24ClN9O3. The summed E-state index contributed by atoms with van der Waals surface area (Å²) < 4.78 is 1.91. The fourth-order valence-corrected chi connectivity index (χ4v) is 5.22. The molecule has 40 heavy (non-hydrogen) atoms. The number of hydrogen-bond acceptors (Lipinski definition) is 8. The molecule has 12 nitrogen and oxygen atoms in total. The van der Waals surface area contributed by atoms with Gasteiger partial charge in [0.2, 0.25) is 17.8 Å². The van der Waals surface area contributed by atoms with E-state index < -0.39 is 6.03 Å². The molecule has 2 atom stereocenters. The van der Waals surface area contributed by atoms with Crippen molar-refractivity contribution in [3.05, 3.63) is 71.0 Å². The van der Waals surface area contributed by atoms with Crippen LogP contribution in [0.15, 0.2) is 49.1 Å². The number of rotatable bonds is 8. The minimum atomic E-state index is -0.445. The first-order chi connectivity index (χ1) is 19.4. The van der Waals surface area contributed by atoms with Gasteiger partial charge in [0.05, 0.1) is 17.9 Å². The Kier molecular flexibility index (Phi) is 5.84. The number of pyridine rings is 2. The van der Waals surface area contributed by atoms with Crippen molar-refractivity contribution in [3.63, 3.8) is 0 Å². The van der Waals surface area contributed by atoms with Crippen LogP contribution in [0, 0.1) is 5.92 Å². The van der Waals surface area contributed by atoms with Crippen molar-refractivity contribution in [1.29, 1.82) is 0 Å². The minimum absolute atomic E-state index is 0.0320. The summed E-state index contributed by atoms with van der Waals surface area (Å²) in [5.41, 5.74) is 3.85. The maximum Gasteiger partial charge on any atom is 0.329 e. The number of imidazole rings is 1. The van der Waals surface area contributed by atoms with Crippen LogP contribution in [0.5, 0.6) is 0 Å². The van der Waals surface area contributed by atoms with Crippen LogP contribution >= 0.6 is 11.6 Å². The van der Waals surface area contributed by atoms with Crippen LogP contribution in [-0.4, -0.2) is 48.7 Å². The summed E-state index contributed by atoms with van der Waals surface area (Å²) in [4.78, 5) is 56.1. The average molecular weight is 558 g/mol. The van der Waals surface area contributed by atoms with Gasteiger partial charge in [0, 0.05) is 47.3 Å². The Labute approximate surface area is 233 Å². The molecule has 7 rings (SSSR count). The summed E-state index contributed by atoms with van der Waals surface area (Å²) in [5.74, 6) is 0.518. The van der Waals surface area contributed by atoms with Gasteiger partial charge in [-0.2, -0.15) is 4.98 Å². The van der Waals surface area contributed by atoms with Crippen molar-refractivity contribution >= 4 is 52.5 Å². The van der Waals surface area contributed by atoms with E-state index in [9.17, 15) is 14.4 Å². The lowest BCUT2D eigenvalue weighted by atomic mass is 10.1. The van der Waals surface area contributed by atoms with Crippen molar-refractivity contribution < 1.29 is 14.4 Å². The van der Waals surface area contributed by atoms with E-state index in [-0.39, 0.29) is 36.1 Å². The number of nitrogens with one attached hydrogen (secondary N) is 3. The first kappa shape index (κ1) is 24.5. The molecule has 4 amide bonds. The number of carbonyl (C=O) groups excluding carboxylic acids is 3. The molecule has 3 aliphatic rings. The van der Waals surface area contributed by atoms with E-state index in [1.54, 1.807) is 30.6 Å². The fraction of sp³-hybridized carbons (Fsp3) is 0.296. The molecule has 3 fully saturated rings. The third-order valence-electron chi connectivity index (χ3n) is 7.33. The Bertz CT molecular complexity index is 1690. The molecule has 4 aromatic rings. The predicted octanol–water partition coefficient (Wildman–Crippen LogP) is 3.46. The van der Waals surface area contributed by atoms with Crippen molar-refractivity contribution in [2.24, 2.45) is 5.92 Å². The highest BCUT2D eigenvalue weighted by Gasteiger charge is 2.45. The molecule has 5 heterocycles. The third kappa shape index (κ3) is 4.81. The highest BCUT2D eigenvalue weighted by atomic mass is 35.5. The van der Waals surface area contributed by atoms with E-state index in [1.807, 2.05) is 22.9 Å². The molecule has 4 aromatic heterocycles. The van der Waals surface area contributed by atoms with E-state index in [1.165, 1.54) is 4.90 Å². The van der Waals surface area contributed by atoms with Gasteiger partial charge < -0.3 is 9.72 Å². The SMILES string of the molecule is O=C1CN(c2cc(C3CC3)cn3cc(CNc4ccnc(NC(=O)C5CC5c5cc(Cl)ccn5)n4)nc23)C(=O)N1. The lowest BCUT2D eigenvalue weighted by Gasteiger charge is -2.15. The number of nitrogens with zero attached hydrogens (tertiary/aromatic N) is 6. The van der Waals surface area contributed by atoms with Gasteiger partial charge in [-0.1, -0.05) is 11.6 Å². The molecule has 0 spiro atoms. The van der Waals surface area contributed by atoms with Crippen molar-refractivity contribution in [2.45, 2.75) is 37.6 Å². The monoisotopic (exact) mass is 557 g/mol. The van der Waals surface area contributed by atoms with Crippen LogP contribution in [0.3, 0.4) is 0 Å². The molecule has 202 valence electrons. The van der Waals surface area contributed by atoms with E-state index in [4.69, 9.17) is 16.6 Å². The topological polar surface area (TPSA) is 147 Å². The first-order valence-electron chi connectivity index (χ1n) is 13.0. The Morgan fingerprint density at radius 3 is 2.73 bits per heavy atom. The number of anilines is 3. The van der Waals surface area contributed by atoms with Gasteiger partial charge in [-0.15, -0.1) is 0 Å². The summed E-state index contributed by atoms with van der Waals surface area (Å²) >= 11 is 6.05. The Morgan fingerprint density at radius 1 is 1.10 bits per heavy atom. The summed E-state index contributed by atoms with van der Waals surface area (Å²) in [5, 5.41) is 8.95. The number of urea groups is 1. The molecule has 1 aliphatic heterocycles. The molecule has 0 bridgehead atoms. The highest BCUT2D eigenvalue weighted by molar-refractivity contribution is 6.30. The van der Waals surface area contributed by atoms with Gasteiger partial charge >= 0.3 is 6.03 Å². The smallest absolute Gasteiger partial charge is 0.329 e. The zero-order valence-corrected chi connectivity index (χ0v) is 21.9. The lowest BCUT2D eigenvalue weighted by Crippen LogP contribution is -2.28. The number of amides is 4. The number of aromatic nitrogens is 5. The van der Waals surface area contributed by atoms with E-state index >= 15 is 0 Å². The zero-order valence-electron chi connectivity index (χ0n) is 21.2. The Morgan fingerprint density at radius 2 is 1.95 bits per heavy atom. The van der Waals surface area contributed by atoms with Crippen molar-refractivity contribution in [1.82, 2.24) is 29.7 Å². The largest absolute Gasteiger partial charge is 0.364 e. The summed E-state index contributed by atoms with van der Waals surface area (Å²) in [6.45, 7) is 0.316. The first-order valence-corrected chi connectivity index (χ1v) is 13.4. The second-order valence-electron chi connectivity index (χ2n) is 10.3. The summed E-state index contributed by atoms with van der Waals surface area (Å²) in [6.07, 6.45) is 10.0. The van der Waals surface area contributed by atoms with Crippen LogP contribution in [-0.2, 0) is 16.1 Å². The molecule has 0 radical (unpaired) electrons. The molecule has 13 heteroatoms. The molecule has 1 saturated heterocycles. The van der Waals surface area contributed by atoms with Crippen LogP contribution in [0.25, 0.3) is 5.65 Å². The van der Waals surface area contributed by atoms with Gasteiger partial charge in [-0.3, -0.25) is 30.1 Å². The average Bonchev–Trinajstić information content (AvgIpc) is 3.86. The van der Waals surface area contributed by atoms with Crippen molar-refractivity contribution in [3.8, 4) is 0 Å². The number of halogens is 1. The number of imide groups is 1. The summed E-state index contributed by atoms with van der Waals surface area (Å²) in [6, 6.07) is 6.72. The lowest BCUT2D eigenvalue weighted by molar-refractivity contribution is -0.118. The fourth-order valence-electron chi connectivity index (χ4n) is 5.05. The minimum Gasteiger partial charge on any atom is -0.364 e. The second-order valence-corrected chi connectivity index (χ2v) is 10.7. The number of hydrogen-bond donors (Lipinski definition) is 3. The summed E-state index contributed by atoms with van der Waals surface area (Å²) in [7, 11) is 0. The van der Waals surface area contributed by atoms with Crippen LogP contribution in [0.2, 0.25) is 5.02 Å².